The van der Waals surface area contributed by atoms with Gasteiger partial charge in [-0.25, -0.2) is 13.8 Å². The maximum Gasteiger partial charge on any atom is 0.257 e. The second-order valence-electron chi connectivity index (χ2n) is 8.67. The summed E-state index contributed by atoms with van der Waals surface area (Å²) in [4.78, 5) is 31.3. The van der Waals surface area contributed by atoms with Crippen LogP contribution in [0.2, 0.25) is 0 Å². The summed E-state index contributed by atoms with van der Waals surface area (Å²) in [5.41, 5.74) is 8.59. The highest BCUT2D eigenvalue weighted by atomic mass is 19.1. The number of carbonyl (C=O) groups excluding carboxylic acids is 2. The summed E-state index contributed by atoms with van der Waals surface area (Å²) in [7, 11) is 1.97. The van der Waals surface area contributed by atoms with Crippen molar-refractivity contribution in [2.45, 2.75) is 19.1 Å². The third-order valence-electron chi connectivity index (χ3n) is 5.82. The predicted octanol–water partition coefficient (Wildman–Crippen LogP) is 2.63. The maximum absolute atomic E-state index is 13.4. The van der Waals surface area contributed by atoms with E-state index in [4.69, 9.17) is 5.73 Å². The standard InChI is InChI=1S/C25H25F2N5O3/c1-13-5-18(30-25(35)22(33)14-6-16(26)9-17(27)7-14)3-4-20(13)15-8-21(23(28)29-10-15)24(34)31-19-11-32(2)12-19/h3-10,19,22,33H,11-12H2,1-2H3,(H2,28,29)(H,30,35)(H,31,34). The minimum absolute atomic E-state index is 0.0689. The molecule has 182 valence electrons. The number of pyridine rings is 1. The number of nitrogens with two attached hydrogens (primary N) is 1. The summed E-state index contributed by atoms with van der Waals surface area (Å²) in [6, 6.07) is 9.20. The van der Waals surface area contributed by atoms with Crippen LogP contribution in [-0.2, 0) is 4.79 Å². The third kappa shape index (κ3) is 5.44. The molecule has 0 radical (unpaired) electrons. The number of benzene rings is 2. The number of likely N-dealkylation sites (tertiary alicyclic amines) is 1. The van der Waals surface area contributed by atoms with Crippen molar-refractivity contribution in [3.05, 3.63) is 77.0 Å². The van der Waals surface area contributed by atoms with Crippen LogP contribution in [0, 0.1) is 18.6 Å². The van der Waals surface area contributed by atoms with E-state index in [1.54, 1.807) is 30.5 Å². The minimum atomic E-state index is -1.75. The number of aliphatic hydroxyl groups is 1. The van der Waals surface area contributed by atoms with Crippen molar-refractivity contribution in [2.24, 2.45) is 0 Å². The molecule has 2 aromatic carbocycles. The van der Waals surface area contributed by atoms with Crippen LogP contribution >= 0.6 is 0 Å². The molecule has 4 rings (SSSR count). The van der Waals surface area contributed by atoms with E-state index in [2.05, 4.69) is 20.5 Å². The van der Waals surface area contributed by atoms with Crippen LogP contribution in [0.15, 0.2) is 48.7 Å². The number of amides is 2. The molecule has 35 heavy (non-hydrogen) atoms. The summed E-state index contributed by atoms with van der Waals surface area (Å²) in [6.07, 6.45) is -0.190. The Morgan fingerprint density at radius 2 is 1.83 bits per heavy atom. The van der Waals surface area contributed by atoms with E-state index in [1.165, 1.54) is 0 Å². The van der Waals surface area contributed by atoms with Crippen LogP contribution in [0.1, 0.15) is 27.6 Å². The number of nitrogen functional groups attached to an aromatic ring is 1. The number of nitrogens with zero attached hydrogens (tertiary/aromatic N) is 2. The van der Waals surface area contributed by atoms with Crippen molar-refractivity contribution in [3.8, 4) is 11.1 Å². The fourth-order valence-corrected chi connectivity index (χ4v) is 4.02. The van der Waals surface area contributed by atoms with E-state index in [0.29, 0.717) is 17.3 Å². The van der Waals surface area contributed by atoms with Gasteiger partial charge >= 0.3 is 0 Å². The van der Waals surface area contributed by atoms with Gasteiger partial charge < -0.3 is 26.4 Å². The lowest BCUT2D eigenvalue weighted by atomic mass is 9.99. The van der Waals surface area contributed by atoms with Gasteiger partial charge in [0.1, 0.15) is 17.5 Å². The highest BCUT2D eigenvalue weighted by Crippen LogP contribution is 2.28. The van der Waals surface area contributed by atoms with Crippen molar-refractivity contribution >= 4 is 23.3 Å². The number of aromatic nitrogens is 1. The van der Waals surface area contributed by atoms with Crippen molar-refractivity contribution < 1.29 is 23.5 Å². The molecule has 1 atom stereocenters. The van der Waals surface area contributed by atoms with Crippen molar-refractivity contribution in [3.63, 3.8) is 0 Å². The van der Waals surface area contributed by atoms with Gasteiger partial charge in [-0.15, -0.1) is 0 Å². The molecule has 1 aliphatic heterocycles. The number of anilines is 2. The van der Waals surface area contributed by atoms with Gasteiger partial charge in [0.15, 0.2) is 6.10 Å². The molecule has 1 aromatic heterocycles. The van der Waals surface area contributed by atoms with E-state index in [9.17, 15) is 23.5 Å². The number of hydrogen-bond donors (Lipinski definition) is 4. The fourth-order valence-electron chi connectivity index (χ4n) is 4.02. The SMILES string of the molecule is Cc1cc(NC(=O)C(O)c2cc(F)cc(F)c2)ccc1-c1cnc(N)c(C(=O)NC2CN(C)C2)c1. The molecule has 8 nitrogen and oxygen atoms in total. The summed E-state index contributed by atoms with van der Waals surface area (Å²) < 4.78 is 26.8. The van der Waals surface area contributed by atoms with Gasteiger partial charge in [-0.05, 0) is 61.0 Å². The van der Waals surface area contributed by atoms with Gasteiger partial charge in [-0.3, -0.25) is 9.59 Å². The predicted molar refractivity (Wildman–Crippen MR) is 128 cm³/mol. The molecular formula is C25H25F2N5O3. The second kappa shape index (κ2) is 9.77. The number of carbonyl (C=O) groups is 2. The van der Waals surface area contributed by atoms with E-state index in [1.807, 2.05) is 14.0 Å². The van der Waals surface area contributed by atoms with Crippen LogP contribution in [0.25, 0.3) is 11.1 Å². The second-order valence-corrected chi connectivity index (χ2v) is 8.67. The molecule has 1 aliphatic rings. The summed E-state index contributed by atoms with van der Waals surface area (Å²) in [5, 5.41) is 15.7. The highest BCUT2D eigenvalue weighted by molar-refractivity contribution is 6.00. The fraction of sp³-hybridized carbons (Fsp3) is 0.240. The Kier molecular flexibility index (Phi) is 6.77. The van der Waals surface area contributed by atoms with Crippen LogP contribution in [-0.4, -0.2) is 53.0 Å². The number of hydrogen-bond acceptors (Lipinski definition) is 6. The van der Waals surface area contributed by atoms with E-state index >= 15 is 0 Å². The molecule has 5 N–H and O–H groups in total. The smallest absolute Gasteiger partial charge is 0.257 e. The van der Waals surface area contributed by atoms with Crippen molar-refractivity contribution in [1.29, 1.82) is 0 Å². The zero-order valence-corrected chi connectivity index (χ0v) is 19.2. The van der Waals surface area contributed by atoms with Crippen molar-refractivity contribution in [1.82, 2.24) is 15.2 Å². The number of halogens is 2. The Balaban J connectivity index is 1.50. The molecule has 1 fully saturated rings. The number of aliphatic hydroxyl groups excluding tert-OH is 1. The van der Waals surface area contributed by atoms with Crippen LogP contribution in [0.5, 0.6) is 0 Å². The average molecular weight is 482 g/mol. The summed E-state index contributed by atoms with van der Waals surface area (Å²) in [5.74, 6) is -2.78. The molecule has 0 bridgehead atoms. The van der Waals surface area contributed by atoms with Gasteiger partial charge in [-0.1, -0.05) is 6.07 Å². The molecule has 1 saturated heterocycles. The average Bonchev–Trinajstić information content (AvgIpc) is 2.77. The molecule has 0 saturated carbocycles. The first-order valence-electron chi connectivity index (χ1n) is 10.9. The van der Waals surface area contributed by atoms with Gasteiger partial charge in [0.05, 0.1) is 11.6 Å². The monoisotopic (exact) mass is 481 g/mol. The van der Waals surface area contributed by atoms with E-state index in [-0.39, 0.29) is 28.9 Å². The zero-order chi connectivity index (χ0) is 25.3. The zero-order valence-electron chi connectivity index (χ0n) is 19.2. The molecule has 0 spiro atoms. The van der Waals surface area contributed by atoms with Gasteiger partial charge in [0.25, 0.3) is 11.8 Å². The molecule has 2 heterocycles. The maximum atomic E-state index is 13.4. The Morgan fingerprint density at radius 1 is 1.14 bits per heavy atom. The molecular weight excluding hydrogens is 456 g/mol. The molecule has 0 aliphatic carbocycles. The lowest BCUT2D eigenvalue weighted by Crippen LogP contribution is -2.57. The Labute approximate surface area is 200 Å². The summed E-state index contributed by atoms with van der Waals surface area (Å²) in [6.45, 7) is 3.35. The number of nitrogens with one attached hydrogen (secondary N) is 2. The van der Waals surface area contributed by atoms with E-state index < -0.39 is 23.6 Å². The third-order valence-corrected chi connectivity index (χ3v) is 5.82. The molecule has 1 unspecified atom stereocenters. The highest BCUT2D eigenvalue weighted by Gasteiger charge is 2.26. The first-order valence-corrected chi connectivity index (χ1v) is 10.9. The van der Waals surface area contributed by atoms with Crippen LogP contribution in [0.3, 0.4) is 0 Å². The first kappa shape index (κ1) is 24.2. The largest absolute Gasteiger partial charge is 0.383 e. The first-order chi connectivity index (χ1) is 16.6. The topological polar surface area (TPSA) is 121 Å². The Bertz CT molecular complexity index is 1270. The van der Waals surface area contributed by atoms with Gasteiger partial charge in [0, 0.05) is 36.6 Å². The lowest BCUT2D eigenvalue weighted by molar-refractivity contribution is -0.124. The van der Waals surface area contributed by atoms with Gasteiger partial charge in [-0.2, -0.15) is 0 Å². The number of likely N-dealkylation sites (N-methyl/N-ethyl adjacent to an activating group) is 1. The van der Waals surface area contributed by atoms with Crippen LogP contribution < -0.4 is 16.4 Å². The quantitative estimate of drug-likeness (QED) is 0.430. The van der Waals surface area contributed by atoms with Crippen LogP contribution in [0.4, 0.5) is 20.3 Å². The lowest BCUT2D eigenvalue weighted by Gasteiger charge is -2.36. The molecule has 10 heteroatoms. The Hall–Kier alpha value is -3.89. The Morgan fingerprint density at radius 3 is 2.46 bits per heavy atom. The van der Waals surface area contributed by atoms with E-state index in [0.717, 1.165) is 36.3 Å². The number of aryl methyl sites for hydroxylation is 1. The molecule has 3 aromatic rings. The molecule has 2 amide bonds. The van der Waals surface area contributed by atoms with Gasteiger partial charge in [0.2, 0.25) is 0 Å². The minimum Gasteiger partial charge on any atom is -0.383 e. The normalized spacial score (nSPS) is 14.8. The summed E-state index contributed by atoms with van der Waals surface area (Å²) >= 11 is 0. The number of rotatable bonds is 6. The van der Waals surface area contributed by atoms with Crippen molar-refractivity contribution in [2.75, 3.05) is 31.2 Å².